The third-order valence-electron chi connectivity index (χ3n) is 6.28. The van der Waals surface area contributed by atoms with Crippen LogP contribution in [0.1, 0.15) is 38.1 Å². The van der Waals surface area contributed by atoms with Gasteiger partial charge in [0.2, 0.25) is 5.88 Å². The van der Waals surface area contributed by atoms with Crippen molar-refractivity contribution >= 4 is 45.2 Å². The van der Waals surface area contributed by atoms with Crippen molar-refractivity contribution in [3.63, 3.8) is 0 Å². The average Bonchev–Trinajstić information content (AvgIpc) is 3.41. The quantitative estimate of drug-likeness (QED) is 0.400. The summed E-state index contributed by atoms with van der Waals surface area (Å²) in [5, 5.41) is 0. The molecule has 200 valence electrons. The van der Waals surface area contributed by atoms with E-state index in [0.29, 0.717) is 51.2 Å². The molecular weight excluding hydrogens is 574 g/mol. The van der Waals surface area contributed by atoms with Gasteiger partial charge in [-0.1, -0.05) is 23.5 Å². The van der Waals surface area contributed by atoms with Crippen molar-refractivity contribution in [2.75, 3.05) is 38.3 Å². The maximum absolute atomic E-state index is 13.8. The fourth-order valence-corrected chi connectivity index (χ4v) is 6.10. The molecule has 2 aliphatic rings. The highest BCUT2D eigenvalue weighted by atomic mass is 79.9. The summed E-state index contributed by atoms with van der Waals surface area (Å²) >= 11 is 4.83. The summed E-state index contributed by atoms with van der Waals surface area (Å²) < 4.78 is 25.2. The Morgan fingerprint density at radius 3 is 2.61 bits per heavy atom. The number of fused-ring (bicyclic) bond motifs is 1. The van der Waals surface area contributed by atoms with Crippen LogP contribution >= 0.6 is 27.3 Å². The molecule has 1 saturated heterocycles. The van der Waals surface area contributed by atoms with Crippen LogP contribution < -0.4 is 24.5 Å². The molecule has 5 rings (SSSR count). The Kier molecular flexibility index (Phi) is 7.60. The van der Waals surface area contributed by atoms with E-state index >= 15 is 0 Å². The predicted octanol–water partition coefficient (Wildman–Crippen LogP) is 3.39. The van der Waals surface area contributed by atoms with Crippen LogP contribution in [0.15, 0.2) is 60.3 Å². The maximum Gasteiger partial charge on any atom is 0.338 e. The number of esters is 1. The topological polar surface area (TPSA) is 95.5 Å². The fourth-order valence-electron chi connectivity index (χ4n) is 4.52. The number of hydrogen-bond donors (Lipinski definition) is 0. The highest BCUT2D eigenvalue weighted by molar-refractivity contribution is 9.10. The van der Waals surface area contributed by atoms with Gasteiger partial charge < -0.3 is 23.5 Å². The number of ether oxygens (including phenoxy) is 3. The number of halogens is 1. The van der Waals surface area contributed by atoms with E-state index in [1.165, 1.54) is 11.3 Å². The van der Waals surface area contributed by atoms with Gasteiger partial charge in [-0.05, 0) is 54.4 Å². The molecule has 38 heavy (non-hydrogen) atoms. The zero-order chi connectivity index (χ0) is 27.0. The number of anilines is 1. The Bertz CT molecular complexity index is 1560. The number of carbonyl (C=O) groups excluding carboxylic acids is 1. The van der Waals surface area contributed by atoms with E-state index in [1.807, 2.05) is 18.2 Å². The third kappa shape index (κ3) is 5.10. The lowest BCUT2D eigenvalue weighted by molar-refractivity contribution is -0.143. The second-order valence-electron chi connectivity index (χ2n) is 9.21. The number of rotatable bonds is 6. The van der Waals surface area contributed by atoms with Gasteiger partial charge in [-0.25, -0.2) is 9.79 Å². The molecule has 0 spiro atoms. The normalized spacial score (nSPS) is 18.0. The number of benzene rings is 1. The Morgan fingerprint density at radius 1 is 1.24 bits per heavy atom. The molecule has 0 amide bonds. The van der Waals surface area contributed by atoms with Gasteiger partial charge >= 0.3 is 5.97 Å². The van der Waals surface area contributed by atoms with Gasteiger partial charge in [0.25, 0.3) is 5.56 Å². The lowest BCUT2D eigenvalue weighted by atomic mass is 9.96. The van der Waals surface area contributed by atoms with Crippen LogP contribution in [-0.4, -0.2) is 50.1 Å². The number of hydrogen-bond acceptors (Lipinski definition) is 9. The van der Waals surface area contributed by atoms with Crippen LogP contribution in [0.3, 0.4) is 0 Å². The molecular formula is C27H28BrN3O6S. The summed E-state index contributed by atoms with van der Waals surface area (Å²) in [7, 11) is 1.59. The second-order valence-corrected chi connectivity index (χ2v) is 11.1. The van der Waals surface area contributed by atoms with E-state index in [2.05, 4.69) is 25.8 Å². The number of aromatic nitrogens is 1. The third-order valence-corrected chi connectivity index (χ3v) is 7.83. The zero-order valence-corrected chi connectivity index (χ0v) is 23.9. The van der Waals surface area contributed by atoms with E-state index in [9.17, 15) is 9.59 Å². The SMILES string of the molecule is COc1ccc([C@@H]2C(C(=O)OC(C)C)=C(C)N=c3s/c(=C/c4cc(Br)c(N5CCOCC5)o4)c(=O)n32)cc1. The van der Waals surface area contributed by atoms with Crippen LogP contribution in [0, 0.1) is 0 Å². The molecule has 3 aromatic rings. The summed E-state index contributed by atoms with van der Waals surface area (Å²) in [5.74, 6) is 1.42. The number of allylic oxidation sites excluding steroid dienone is 1. The first-order valence-electron chi connectivity index (χ1n) is 12.3. The second kappa shape index (κ2) is 10.9. The van der Waals surface area contributed by atoms with Gasteiger partial charge in [0.05, 0.1) is 52.7 Å². The average molecular weight is 603 g/mol. The molecule has 0 bridgehead atoms. The smallest absolute Gasteiger partial charge is 0.338 e. The lowest BCUT2D eigenvalue weighted by Crippen LogP contribution is -2.40. The minimum absolute atomic E-state index is 0.266. The number of methoxy groups -OCH3 is 1. The van der Waals surface area contributed by atoms with Crippen molar-refractivity contribution in [3.8, 4) is 5.75 Å². The van der Waals surface area contributed by atoms with Crippen molar-refractivity contribution in [1.29, 1.82) is 0 Å². The van der Waals surface area contributed by atoms with Crippen LogP contribution in [0.4, 0.5) is 5.88 Å². The number of nitrogens with zero attached hydrogens (tertiary/aromatic N) is 3. The van der Waals surface area contributed by atoms with Crippen LogP contribution in [0.5, 0.6) is 5.75 Å². The van der Waals surface area contributed by atoms with Crippen molar-refractivity contribution in [2.24, 2.45) is 4.99 Å². The van der Waals surface area contributed by atoms with E-state index in [1.54, 1.807) is 50.7 Å². The van der Waals surface area contributed by atoms with Gasteiger partial charge in [0, 0.05) is 25.2 Å². The summed E-state index contributed by atoms with van der Waals surface area (Å²) in [5.41, 5.74) is 1.33. The lowest BCUT2D eigenvalue weighted by Gasteiger charge is -2.26. The van der Waals surface area contributed by atoms with Gasteiger partial charge in [-0.15, -0.1) is 0 Å². The number of carbonyl (C=O) groups is 1. The number of thiazole rings is 1. The van der Waals surface area contributed by atoms with Gasteiger partial charge in [0.15, 0.2) is 4.80 Å². The van der Waals surface area contributed by atoms with Crippen LogP contribution in [-0.2, 0) is 14.3 Å². The highest BCUT2D eigenvalue weighted by Crippen LogP contribution is 2.33. The number of morpholine rings is 1. The van der Waals surface area contributed by atoms with Gasteiger partial charge in [-0.2, -0.15) is 0 Å². The van der Waals surface area contributed by atoms with Crippen LogP contribution in [0.25, 0.3) is 6.08 Å². The molecule has 9 nitrogen and oxygen atoms in total. The molecule has 2 aliphatic heterocycles. The van der Waals surface area contributed by atoms with E-state index in [0.717, 1.165) is 23.1 Å². The molecule has 0 radical (unpaired) electrons. The molecule has 1 atom stereocenters. The first kappa shape index (κ1) is 26.5. The van der Waals surface area contributed by atoms with E-state index in [4.69, 9.17) is 18.6 Å². The molecule has 1 aromatic carbocycles. The van der Waals surface area contributed by atoms with E-state index < -0.39 is 12.0 Å². The Labute approximate surface area is 231 Å². The molecule has 4 heterocycles. The summed E-state index contributed by atoms with van der Waals surface area (Å²) in [6, 6.07) is 8.46. The molecule has 1 fully saturated rings. The standard InChI is InChI=1S/C27H28BrN3O6S/c1-15(2)36-26(33)22-16(3)29-27-31(23(22)17-5-7-18(34-4)8-6-17)24(32)21(38-27)14-19-13-20(28)25(37-19)30-9-11-35-12-10-30/h5-8,13-15,23H,9-12H2,1-4H3/b21-14+/t23-/m1/s1. The first-order chi connectivity index (χ1) is 18.3. The fraction of sp³-hybridized carbons (Fsp3) is 0.370. The molecule has 0 N–H and O–H groups in total. The molecule has 0 saturated carbocycles. The summed E-state index contributed by atoms with van der Waals surface area (Å²) in [4.78, 5) is 34.3. The van der Waals surface area contributed by atoms with Gasteiger partial charge in [-0.3, -0.25) is 9.36 Å². The summed E-state index contributed by atoms with van der Waals surface area (Å²) in [6.07, 6.45) is 1.40. The van der Waals surface area contributed by atoms with Crippen molar-refractivity contribution < 1.29 is 23.4 Å². The molecule has 11 heteroatoms. The first-order valence-corrected chi connectivity index (χ1v) is 13.9. The largest absolute Gasteiger partial charge is 0.497 e. The maximum atomic E-state index is 13.8. The minimum Gasteiger partial charge on any atom is -0.497 e. The Balaban J connectivity index is 1.62. The summed E-state index contributed by atoms with van der Waals surface area (Å²) in [6.45, 7) is 8.06. The predicted molar refractivity (Wildman–Crippen MR) is 147 cm³/mol. The number of furan rings is 1. The molecule has 0 unspecified atom stereocenters. The highest BCUT2D eigenvalue weighted by Gasteiger charge is 2.34. The van der Waals surface area contributed by atoms with Gasteiger partial charge in [0.1, 0.15) is 11.5 Å². The van der Waals surface area contributed by atoms with Crippen molar-refractivity contribution in [3.05, 3.63) is 77.1 Å². The van der Waals surface area contributed by atoms with E-state index in [-0.39, 0.29) is 11.7 Å². The van der Waals surface area contributed by atoms with Crippen LogP contribution in [0.2, 0.25) is 0 Å². The minimum atomic E-state index is -0.696. The zero-order valence-electron chi connectivity index (χ0n) is 21.5. The Hall–Kier alpha value is -3.15. The molecule has 0 aliphatic carbocycles. The van der Waals surface area contributed by atoms with Crippen molar-refractivity contribution in [1.82, 2.24) is 4.57 Å². The molecule has 2 aromatic heterocycles. The van der Waals surface area contributed by atoms with Crippen molar-refractivity contribution in [2.45, 2.75) is 32.9 Å². The Morgan fingerprint density at radius 2 is 1.95 bits per heavy atom. The monoisotopic (exact) mass is 601 g/mol.